The molecule has 3 unspecified atom stereocenters. The molecule has 0 aliphatic carbocycles. The zero-order chi connectivity index (χ0) is 81.5. The van der Waals surface area contributed by atoms with E-state index in [0.717, 1.165) is 199 Å². The Bertz CT molecular complexity index is 8520. The molecule has 4 heterocycles. The van der Waals surface area contributed by atoms with Crippen LogP contribution in [0.3, 0.4) is 0 Å². The van der Waals surface area contributed by atoms with Gasteiger partial charge in [-0.1, -0.05) is 309 Å². The van der Waals surface area contributed by atoms with Gasteiger partial charge < -0.3 is 19.5 Å². The standard InChI is InChI=1S/C116H74N6O2/c1-2-18-69(19-3-1)75-26-17-29-87(58-75)111-117-113(89-48-42-78-57-86(46-41-79(78)60-89)103-66-94(81-39-36-70-20-4-6-23-73(70)54-81)68-108-110(103)100-33-13-15-35-106(100)124-108)122-116(118-111)92-51-53-98-101(63-83-25-9-11-31-96(83)104(98)64-92)82-28-16-27-76(55-82)93-65-102(109-99-32-12-14-34-105(99)123-107(109)67-93)85-45-40-80-61-90(49-43-77(80)56-85)114-119-112(88-47-37-71-21-5-7-24-74(71)59-88)120-115(121-114)91-50-52-97-84(62-91)44-38-72-22-8-10-30-95(72)97/h1-68,112,114,116,119H,(H,120,121)(H,117,118,122). The third-order valence-electron chi connectivity index (χ3n) is 25.6. The summed E-state index contributed by atoms with van der Waals surface area (Å²) in [5, 5.41) is 34.8. The van der Waals surface area contributed by atoms with Gasteiger partial charge in [0, 0.05) is 38.2 Å². The van der Waals surface area contributed by atoms with Gasteiger partial charge in [0.15, 0.2) is 5.84 Å². The average Bonchev–Trinajstić information content (AvgIpc) is 1.49. The highest BCUT2D eigenvalue weighted by molar-refractivity contribution is 6.20. The highest BCUT2D eigenvalue weighted by Crippen LogP contribution is 2.47. The van der Waals surface area contributed by atoms with Crippen molar-refractivity contribution < 1.29 is 8.83 Å². The number of hydrogen-bond acceptors (Lipinski definition) is 8. The lowest BCUT2D eigenvalue weighted by Crippen LogP contribution is -2.44. The zero-order valence-corrected chi connectivity index (χ0v) is 67.2. The second-order valence-electron chi connectivity index (χ2n) is 33.0. The number of furan rings is 2. The highest BCUT2D eigenvalue weighted by Gasteiger charge is 2.29. The maximum Gasteiger partial charge on any atom is 0.159 e. The van der Waals surface area contributed by atoms with Gasteiger partial charge in [0.1, 0.15) is 52.5 Å². The van der Waals surface area contributed by atoms with Crippen LogP contribution in [0.25, 0.3) is 197 Å². The Morgan fingerprint density at radius 2 is 0.621 bits per heavy atom. The van der Waals surface area contributed by atoms with E-state index in [1.54, 1.807) is 0 Å². The van der Waals surface area contributed by atoms with Gasteiger partial charge in [0.2, 0.25) is 0 Å². The Morgan fingerprint density at radius 1 is 0.202 bits per heavy atom. The van der Waals surface area contributed by atoms with Crippen molar-refractivity contribution >= 4 is 148 Å². The molecule has 0 saturated carbocycles. The van der Waals surface area contributed by atoms with Crippen molar-refractivity contribution in [2.75, 3.05) is 0 Å². The molecular formula is C116H74N6O2. The van der Waals surface area contributed by atoms with Crippen molar-refractivity contribution in [2.24, 2.45) is 15.0 Å². The van der Waals surface area contributed by atoms with Crippen LogP contribution in [0.5, 0.6) is 0 Å². The van der Waals surface area contributed by atoms with Gasteiger partial charge in [-0.2, -0.15) is 0 Å². The molecule has 0 amide bonds. The molecule has 0 bridgehead atoms. The molecule has 2 aromatic heterocycles. The number of benzene rings is 21. The number of nitrogens with one attached hydrogen (secondary N) is 3. The zero-order valence-electron chi connectivity index (χ0n) is 67.2. The second kappa shape index (κ2) is 28.8. The van der Waals surface area contributed by atoms with E-state index in [9.17, 15) is 0 Å². The van der Waals surface area contributed by atoms with Crippen LogP contribution in [-0.2, 0) is 0 Å². The van der Waals surface area contributed by atoms with Gasteiger partial charge in [-0.05, 0) is 273 Å². The van der Waals surface area contributed by atoms with E-state index in [1.165, 1.54) is 43.1 Å². The summed E-state index contributed by atoms with van der Waals surface area (Å²) in [5.74, 6) is 2.23. The molecule has 25 rings (SSSR count). The summed E-state index contributed by atoms with van der Waals surface area (Å²) in [7, 11) is 0. The molecular weight excluding hydrogens is 1510 g/mol. The van der Waals surface area contributed by atoms with Crippen molar-refractivity contribution in [2.45, 2.75) is 18.5 Å². The minimum atomic E-state index is -0.500. The van der Waals surface area contributed by atoms with Gasteiger partial charge in [-0.25, -0.2) is 15.0 Å². The minimum Gasteiger partial charge on any atom is -0.456 e. The molecule has 23 aromatic rings. The fourth-order valence-corrected chi connectivity index (χ4v) is 19.4. The lowest BCUT2D eigenvalue weighted by atomic mass is 9.89. The number of rotatable bonds is 12. The normalized spacial score (nSPS) is 14.9. The van der Waals surface area contributed by atoms with Crippen LogP contribution in [0.1, 0.15) is 51.9 Å². The van der Waals surface area contributed by atoms with Crippen LogP contribution >= 0.6 is 0 Å². The van der Waals surface area contributed by atoms with Crippen molar-refractivity contribution in [1.29, 1.82) is 0 Å². The first-order valence-corrected chi connectivity index (χ1v) is 42.5. The van der Waals surface area contributed by atoms with Crippen LogP contribution in [-0.4, -0.2) is 17.5 Å². The maximum atomic E-state index is 6.88. The van der Waals surface area contributed by atoms with Crippen molar-refractivity contribution in [1.82, 2.24) is 16.0 Å². The van der Waals surface area contributed by atoms with Crippen LogP contribution in [0, 0.1) is 0 Å². The van der Waals surface area contributed by atoms with Gasteiger partial charge in [0.05, 0.1) is 0 Å². The number of para-hydroxylation sites is 2. The van der Waals surface area contributed by atoms with Crippen LogP contribution in [0.4, 0.5) is 0 Å². The third-order valence-corrected chi connectivity index (χ3v) is 25.6. The Balaban J connectivity index is 0.559. The Morgan fingerprint density at radius 3 is 1.34 bits per heavy atom. The molecule has 2 aliphatic rings. The van der Waals surface area contributed by atoms with Gasteiger partial charge >= 0.3 is 0 Å². The number of hydrogen-bond donors (Lipinski definition) is 3. The fraction of sp³-hybridized carbons (Fsp3) is 0.0259. The molecule has 8 heteroatoms. The summed E-state index contributed by atoms with van der Waals surface area (Å²) in [6.45, 7) is 0. The first kappa shape index (κ1) is 70.8. The molecule has 0 saturated heterocycles. The average molecular weight is 1580 g/mol. The van der Waals surface area contributed by atoms with E-state index in [0.29, 0.717) is 5.84 Å². The first-order valence-electron chi connectivity index (χ1n) is 42.5. The number of nitrogens with zero attached hydrogens (tertiary/aromatic N) is 3. The SMILES string of the molecule is c1ccc(-c2cccc(C3=NC(c4ccc5cc(-c6cc(-c7ccc8ccccc8c7)cc7oc8ccccc8c67)ccc5c4)=NC(c4ccc5c(-c6cccc(-c7cc(-c8ccc9cc(C%10NC(c%11ccc%12c(ccc%13ccccc%13%12)c%11)=NC(c%11ccc%12ccccc%12c%11)N%10)ccc9c8)c8c(c7)oc7ccccc78)c6)cc6ccccc6c5c4)N3)c2)cc1. The summed E-state index contributed by atoms with van der Waals surface area (Å²) in [6, 6.07) is 150. The van der Waals surface area contributed by atoms with Crippen molar-refractivity contribution in [3.63, 3.8) is 0 Å². The summed E-state index contributed by atoms with van der Waals surface area (Å²) in [4.78, 5) is 16.5. The summed E-state index contributed by atoms with van der Waals surface area (Å²) in [5.41, 5.74) is 22.9. The monoisotopic (exact) mass is 1580 g/mol. The van der Waals surface area contributed by atoms with E-state index >= 15 is 0 Å². The smallest absolute Gasteiger partial charge is 0.159 e. The molecule has 3 atom stereocenters. The van der Waals surface area contributed by atoms with Crippen LogP contribution < -0.4 is 16.0 Å². The maximum absolute atomic E-state index is 6.88. The molecule has 124 heavy (non-hydrogen) atoms. The van der Waals surface area contributed by atoms with Crippen LogP contribution in [0.15, 0.2) is 436 Å². The summed E-state index contributed by atoms with van der Waals surface area (Å²) in [6.07, 6.45) is -1.07. The van der Waals surface area contributed by atoms with Gasteiger partial charge in [-0.3, -0.25) is 5.32 Å². The fourth-order valence-electron chi connectivity index (χ4n) is 19.4. The Kier molecular flexibility index (Phi) is 16.5. The molecule has 21 aromatic carbocycles. The number of amidine groups is 3. The molecule has 2 aliphatic heterocycles. The molecule has 0 spiro atoms. The lowest BCUT2D eigenvalue weighted by Gasteiger charge is -2.32. The Labute approximate surface area is 713 Å². The van der Waals surface area contributed by atoms with E-state index in [1.807, 2.05) is 6.07 Å². The first-order chi connectivity index (χ1) is 61.3. The summed E-state index contributed by atoms with van der Waals surface area (Å²) < 4.78 is 13.6. The molecule has 0 fully saturated rings. The molecule has 0 radical (unpaired) electrons. The molecule has 580 valence electrons. The van der Waals surface area contributed by atoms with Gasteiger partial charge in [-0.15, -0.1) is 0 Å². The van der Waals surface area contributed by atoms with Crippen LogP contribution in [0.2, 0.25) is 0 Å². The molecule has 8 nitrogen and oxygen atoms in total. The van der Waals surface area contributed by atoms with Gasteiger partial charge in [0.25, 0.3) is 0 Å². The van der Waals surface area contributed by atoms with E-state index in [2.05, 4.69) is 422 Å². The largest absolute Gasteiger partial charge is 0.456 e. The quantitative estimate of drug-likeness (QED) is 0.106. The third kappa shape index (κ3) is 12.4. The van der Waals surface area contributed by atoms with E-state index in [4.69, 9.17) is 23.8 Å². The second-order valence-corrected chi connectivity index (χ2v) is 33.0. The van der Waals surface area contributed by atoms with Crippen molar-refractivity contribution in [3.8, 4) is 66.8 Å². The van der Waals surface area contributed by atoms with Crippen molar-refractivity contribution in [3.05, 3.63) is 446 Å². The highest BCUT2D eigenvalue weighted by atomic mass is 16.3. The molecule has 3 N–H and O–H groups in total. The summed E-state index contributed by atoms with van der Waals surface area (Å²) >= 11 is 0. The van der Waals surface area contributed by atoms with E-state index in [-0.39, 0.29) is 12.3 Å². The number of fused-ring (bicyclic) bond motifs is 16. The Hall–Kier alpha value is -16.1. The lowest BCUT2D eigenvalue weighted by molar-refractivity contribution is 0.409. The number of aliphatic imine (C=N–C) groups is 3. The topological polar surface area (TPSA) is 99.5 Å². The predicted molar refractivity (Wildman–Crippen MR) is 517 cm³/mol. The minimum absolute atomic E-state index is 0.256. The predicted octanol–water partition coefficient (Wildman–Crippen LogP) is 29.5. The van der Waals surface area contributed by atoms with E-state index < -0.39 is 6.17 Å².